The third kappa shape index (κ3) is 1.66. The van der Waals surface area contributed by atoms with Crippen molar-refractivity contribution in [1.29, 1.82) is 0 Å². The number of nitrogen functional groups attached to an aromatic ring is 1. The van der Waals surface area contributed by atoms with Gasteiger partial charge in [-0.2, -0.15) is 0 Å². The van der Waals surface area contributed by atoms with Crippen molar-refractivity contribution < 1.29 is 4.74 Å². The molecule has 0 bridgehead atoms. The Bertz CT molecular complexity index is 273. The average Bonchev–Trinajstić information content (AvgIpc) is 1.97. The van der Waals surface area contributed by atoms with Gasteiger partial charge in [-0.25, -0.2) is 0 Å². The lowest BCUT2D eigenvalue weighted by atomic mass is 10.2. The summed E-state index contributed by atoms with van der Waals surface area (Å²) in [5, 5.41) is 0. The molecule has 0 unspecified atom stereocenters. The molecule has 1 aromatic carbocycles. The second-order valence-electron chi connectivity index (χ2n) is 2.34. The van der Waals surface area contributed by atoms with Crippen LogP contribution in [0.2, 0.25) is 0 Å². The molecule has 1 aromatic rings. The van der Waals surface area contributed by atoms with Crippen LogP contribution in [0.15, 0.2) is 16.6 Å². The van der Waals surface area contributed by atoms with E-state index in [1.165, 1.54) is 0 Å². The summed E-state index contributed by atoms with van der Waals surface area (Å²) < 4.78 is 5.97. The summed E-state index contributed by atoms with van der Waals surface area (Å²) in [6.07, 6.45) is 0. The average molecular weight is 216 g/mol. The highest BCUT2D eigenvalue weighted by molar-refractivity contribution is 9.10. The van der Waals surface area contributed by atoms with Crippen LogP contribution in [-0.2, 0) is 0 Å². The van der Waals surface area contributed by atoms with E-state index in [4.69, 9.17) is 10.5 Å². The van der Waals surface area contributed by atoms with E-state index in [2.05, 4.69) is 15.9 Å². The van der Waals surface area contributed by atoms with Crippen molar-refractivity contribution in [1.82, 2.24) is 0 Å². The smallest absolute Gasteiger partial charge is 0.133 e. The molecule has 0 heterocycles. The number of aryl methyl sites for hydroxylation is 1. The summed E-state index contributed by atoms with van der Waals surface area (Å²) in [5.41, 5.74) is 7.47. The van der Waals surface area contributed by atoms with Gasteiger partial charge in [0, 0.05) is 5.69 Å². The fourth-order valence-corrected chi connectivity index (χ4v) is 1.35. The number of ether oxygens (including phenoxy) is 1. The maximum atomic E-state index is 5.66. The summed E-state index contributed by atoms with van der Waals surface area (Å²) in [6.45, 7) is 1.95. The quantitative estimate of drug-likeness (QED) is 0.731. The third-order valence-corrected chi connectivity index (χ3v) is 2.16. The van der Waals surface area contributed by atoms with Crippen molar-refractivity contribution in [3.05, 3.63) is 22.2 Å². The van der Waals surface area contributed by atoms with E-state index in [9.17, 15) is 0 Å². The molecule has 0 aromatic heterocycles. The summed E-state index contributed by atoms with van der Waals surface area (Å²) in [6, 6.07) is 3.74. The standard InChI is InChI=1S/C8H10BrNO/c1-5-3-8(11-2)6(9)4-7(5)10/h3-4H,10H2,1-2H3. The predicted octanol–water partition coefficient (Wildman–Crippen LogP) is 2.35. The van der Waals surface area contributed by atoms with Crippen molar-refractivity contribution >= 4 is 21.6 Å². The first kappa shape index (κ1) is 8.40. The van der Waals surface area contributed by atoms with Gasteiger partial charge in [0.05, 0.1) is 11.6 Å². The first-order valence-corrected chi connectivity index (χ1v) is 4.04. The van der Waals surface area contributed by atoms with Gasteiger partial charge in [-0.1, -0.05) is 0 Å². The minimum absolute atomic E-state index is 0.776. The maximum absolute atomic E-state index is 5.66. The van der Waals surface area contributed by atoms with E-state index in [-0.39, 0.29) is 0 Å². The largest absolute Gasteiger partial charge is 0.496 e. The van der Waals surface area contributed by atoms with E-state index >= 15 is 0 Å². The van der Waals surface area contributed by atoms with Crippen LogP contribution in [0.25, 0.3) is 0 Å². The molecule has 0 amide bonds. The molecular formula is C8H10BrNO. The van der Waals surface area contributed by atoms with Crippen molar-refractivity contribution in [3.8, 4) is 5.75 Å². The second kappa shape index (κ2) is 3.13. The van der Waals surface area contributed by atoms with Crippen LogP contribution in [0.1, 0.15) is 5.56 Å². The van der Waals surface area contributed by atoms with Crippen LogP contribution < -0.4 is 10.5 Å². The Morgan fingerprint density at radius 3 is 2.64 bits per heavy atom. The molecule has 0 saturated carbocycles. The van der Waals surface area contributed by atoms with Crippen LogP contribution in [0.3, 0.4) is 0 Å². The van der Waals surface area contributed by atoms with Gasteiger partial charge in [0.15, 0.2) is 0 Å². The molecule has 0 aliphatic rings. The molecule has 0 aliphatic carbocycles. The monoisotopic (exact) mass is 215 g/mol. The molecule has 2 nitrogen and oxygen atoms in total. The lowest BCUT2D eigenvalue weighted by molar-refractivity contribution is 0.412. The highest BCUT2D eigenvalue weighted by Crippen LogP contribution is 2.29. The van der Waals surface area contributed by atoms with Gasteiger partial charge in [-0.3, -0.25) is 0 Å². The Hall–Kier alpha value is -0.700. The predicted molar refractivity (Wildman–Crippen MR) is 49.8 cm³/mol. The Balaban J connectivity index is 3.21. The number of nitrogens with two attached hydrogens (primary N) is 1. The zero-order valence-corrected chi connectivity index (χ0v) is 8.10. The highest BCUT2D eigenvalue weighted by atomic mass is 79.9. The minimum atomic E-state index is 0.776. The van der Waals surface area contributed by atoms with Crippen molar-refractivity contribution in [3.63, 3.8) is 0 Å². The van der Waals surface area contributed by atoms with Gasteiger partial charge in [0.2, 0.25) is 0 Å². The topological polar surface area (TPSA) is 35.2 Å². The van der Waals surface area contributed by atoms with Crippen LogP contribution >= 0.6 is 15.9 Å². The van der Waals surface area contributed by atoms with Crippen LogP contribution in [0.5, 0.6) is 5.75 Å². The number of hydrogen-bond donors (Lipinski definition) is 1. The zero-order chi connectivity index (χ0) is 8.43. The molecule has 0 aliphatic heterocycles. The van der Waals surface area contributed by atoms with Crippen LogP contribution in [0.4, 0.5) is 5.69 Å². The third-order valence-electron chi connectivity index (χ3n) is 1.54. The second-order valence-corrected chi connectivity index (χ2v) is 3.20. The van der Waals surface area contributed by atoms with Gasteiger partial charge in [0.25, 0.3) is 0 Å². The van der Waals surface area contributed by atoms with Gasteiger partial charge in [0.1, 0.15) is 5.75 Å². The molecule has 0 saturated heterocycles. The molecule has 2 N–H and O–H groups in total. The van der Waals surface area contributed by atoms with Crippen LogP contribution in [-0.4, -0.2) is 7.11 Å². The number of hydrogen-bond acceptors (Lipinski definition) is 2. The van der Waals surface area contributed by atoms with E-state index in [1.54, 1.807) is 7.11 Å². The molecular weight excluding hydrogens is 206 g/mol. The molecule has 3 heteroatoms. The summed E-state index contributed by atoms with van der Waals surface area (Å²) in [7, 11) is 1.63. The highest BCUT2D eigenvalue weighted by Gasteiger charge is 2.01. The summed E-state index contributed by atoms with van der Waals surface area (Å²) in [4.78, 5) is 0. The van der Waals surface area contributed by atoms with Gasteiger partial charge < -0.3 is 10.5 Å². The fraction of sp³-hybridized carbons (Fsp3) is 0.250. The number of anilines is 1. The number of rotatable bonds is 1. The Morgan fingerprint density at radius 2 is 2.09 bits per heavy atom. The molecule has 1 rings (SSSR count). The SMILES string of the molecule is COc1cc(C)c(N)cc1Br. The number of benzene rings is 1. The van der Waals surface area contributed by atoms with E-state index < -0.39 is 0 Å². The van der Waals surface area contributed by atoms with Crippen molar-refractivity contribution in [2.75, 3.05) is 12.8 Å². The Kier molecular flexibility index (Phi) is 2.39. The summed E-state index contributed by atoms with van der Waals surface area (Å²) >= 11 is 3.34. The van der Waals surface area contributed by atoms with Gasteiger partial charge >= 0.3 is 0 Å². The lowest BCUT2D eigenvalue weighted by Crippen LogP contribution is -1.92. The normalized spacial score (nSPS) is 9.73. The van der Waals surface area contributed by atoms with Crippen LogP contribution in [0, 0.1) is 6.92 Å². The van der Waals surface area contributed by atoms with Crippen molar-refractivity contribution in [2.45, 2.75) is 6.92 Å². The van der Waals surface area contributed by atoms with E-state index in [0.717, 1.165) is 21.5 Å². The van der Waals surface area contributed by atoms with E-state index in [0.29, 0.717) is 0 Å². The molecule has 0 atom stereocenters. The minimum Gasteiger partial charge on any atom is -0.496 e. The number of halogens is 1. The molecule has 0 fully saturated rings. The van der Waals surface area contributed by atoms with Crippen molar-refractivity contribution in [2.24, 2.45) is 0 Å². The Labute approximate surface area is 74.5 Å². The lowest BCUT2D eigenvalue weighted by Gasteiger charge is -2.06. The number of methoxy groups -OCH3 is 1. The molecule has 0 radical (unpaired) electrons. The zero-order valence-electron chi connectivity index (χ0n) is 6.52. The fourth-order valence-electron chi connectivity index (χ4n) is 0.827. The Morgan fingerprint density at radius 1 is 1.45 bits per heavy atom. The molecule has 0 spiro atoms. The van der Waals surface area contributed by atoms with Gasteiger partial charge in [-0.15, -0.1) is 0 Å². The van der Waals surface area contributed by atoms with E-state index in [1.807, 2.05) is 19.1 Å². The first-order chi connectivity index (χ1) is 5.15. The maximum Gasteiger partial charge on any atom is 0.133 e. The van der Waals surface area contributed by atoms with Gasteiger partial charge in [-0.05, 0) is 40.5 Å². The first-order valence-electron chi connectivity index (χ1n) is 3.24. The molecule has 60 valence electrons. The molecule has 11 heavy (non-hydrogen) atoms. The summed E-state index contributed by atoms with van der Waals surface area (Å²) in [5.74, 6) is 0.816.